The first-order valence-corrected chi connectivity index (χ1v) is 6.75. The van der Waals surface area contributed by atoms with Crippen LogP contribution in [0.25, 0.3) is 0 Å². The van der Waals surface area contributed by atoms with Crippen LogP contribution in [0, 0.1) is 11.8 Å². The van der Waals surface area contributed by atoms with Crippen LogP contribution in [0.1, 0.15) is 27.2 Å². The third-order valence-electron chi connectivity index (χ3n) is 3.89. The molecule has 3 heteroatoms. The molecule has 3 atom stereocenters. The number of esters is 1. The van der Waals surface area contributed by atoms with Crippen molar-refractivity contribution in [1.29, 1.82) is 0 Å². The number of aliphatic imine (C=N–C) groups is 1. The lowest BCUT2D eigenvalue weighted by atomic mass is 9.87. The number of methoxy groups -OCH3 is 1. The van der Waals surface area contributed by atoms with E-state index in [0.29, 0.717) is 5.92 Å². The van der Waals surface area contributed by atoms with Crippen LogP contribution in [-0.2, 0) is 9.53 Å². The van der Waals surface area contributed by atoms with Crippen LogP contribution >= 0.6 is 0 Å². The predicted molar refractivity (Wildman–Crippen MR) is 77.2 cm³/mol. The van der Waals surface area contributed by atoms with Gasteiger partial charge < -0.3 is 4.74 Å². The molecule has 1 aliphatic heterocycles. The first-order valence-electron chi connectivity index (χ1n) is 6.75. The highest BCUT2D eigenvalue weighted by atomic mass is 16.5. The zero-order valence-corrected chi connectivity index (χ0v) is 12.0. The summed E-state index contributed by atoms with van der Waals surface area (Å²) in [6.07, 6.45) is 9.58. The smallest absolute Gasteiger partial charge is 0.331 e. The lowest BCUT2D eigenvalue weighted by Crippen LogP contribution is -2.32. The first-order chi connectivity index (χ1) is 9.02. The molecule has 0 spiro atoms. The van der Waals surface area contributed by atoms with E-state index in [2.05, 4.69) is 36.2 Å². The van der Waals surface area contributed by atoms with Gasteiger partial charge in [-0.05, 0) is 30.9 Å². The Labute approximate surface area is 114 Å². The van der Waals surface area contributed by atoms with Crippen LogP contribution in [0.4, 0.5) is 0 Å². The van der Waals surface area contributed by atoms with Crippen LogP contribution in [0.2, 0.25) is 0 Å². The van der Waals surface area contributed by atoms with E-state index in [-0.39, 0.29) is 11.9 Å². The molecule has 0 aromatic rings. The minimum absolute atomic E-state index is 0.100. The van der Waals surface area contributed by atoms with Gasteiger partial charge in [-0.25, -0.2) is 4.79 Å². The molecule has 102 valence electrons. The van der Waals surface area contributed by atoms with Crippen molar-refractivity contribution in [1.82, 2.24) is 0 Å². The molecular formula is C16H21NO2. The molecule has 0 N–H and O–H groups in total. The van der Waals surface area contributed by atoms with Gasteiger partial charge in [-0.1, -0.05) is 37.6 Å². The average molecular weight is 259 g/mol. The zero-order chi connectivity index (χ0) is 14.0. The molecule has 2 rings (SSSR count). The summed E-state index contributed by atoms with van der Waals surface area (Å²) in [5, 5.41) is 0. The highest BCUT2D eigenvalue weighted by molar-refractivity contribution is 6.12. The Morgan fingerprint density at radius 2 is 2.16 bits per heavy atom. The average Bonchev–Trinajstić information content (AvgIpc) is 2.41. The molecule has 3 nitrogen and oxygen atoms in total. The maximum atomic E-state index is 11.8. The molecule has 0 saturated heterocycles. The van der Waals surface area contributed by atoms with Gasteiger partial charge in [0.15, 0.2) is 6.04 Å². The second-order valence-corrected chi connectivity index (χ2v) is 5.39. The molecule has 1 heterocycles. The Bertz CT molecular complexity index is 497. The summed E-state index contributed by atoms with van der Waals surface area (Å²) in [5.41, 5.74) is 3.18. The molecule has 0 radical (unpaired) electrons. The van der Waals surface area contributed by atoms with E-state index in [1.807, 2.05) is 13.8 Å². The summed E-state index contributed by atoms with van der Waals surface area (Å²) >= 11 is 0. The number of dihydropyridines is 1. The molecule has 19 heavy (non-hydrogen) atoms. The van der Waals surface area contributed by atoms with E-state index >= 15 is 0 Å². The van der Waals surface area contributed by atoms with Gasteiger partial charge in [-0.2, -0.15) is 0 Å². The van der Waals surface area contributed by atoms with E-state index in [1.54, 1.807) is 0 Å². The van der Waals surface area contributed by atoms with Gasteiger partial charge in [0.2, 0.25) is 0 Å². The zero-order valence-electron chi connectivity index (χ0n) is 12.0. The lowest BCUT2D eigenvalue weighted by Gasteiger charge is -2.25. The van der Waals surface area contributed by atoms with Gasteiger partial charge in [-0.15, -0.1) is 0 Å². The molecule has 0 bridgehead atoms. The summed E-state index contributed by atoms with van der Waals surface area (Å²) in [4.78, 5) is 16.4. The van der Waals surface area contributed by atoms with Crippen molar-refractivity contribution < 1.29 is 9.53 Å². The van der Waals surface area contributed by atoms with Gasteiger partial charge in [0, 0.05) is 5.92 Å². The number of nitrogens with zero attached hydrogens (tertiary/aromatic N) is 1. The number of allylic oxidation sites excluding steroid dienone is 5. The van der Waals surface area contributed by atoms with Crippen LogP contribution in [0.5, 0.6) is 0 Å². The fraction of sp³-hybridized carbons (Fsp3) is 0.500. The van der Waals surface area contributed by atoms with Crippen molar-refractivity contribution >= 4 is 11.7 Å². The Morgan fingerprint density at radius 3 is 2.74 bits per heavy atom. The molecule has 1 aliphatic carbocycles. The minimum Gasteiger partial charge on any atom is -0.467 e. The monoisotopic (exact) mass is 259 g/mol. The molecule has 0 aromatic heterocycles. The second-order valence-electron chi connectivity index (χ2n) is 5.39. The Kier molecular flexibility index (Phi) is 4.03. The van der Waals surface area contributed by atoms with E-state index < -0.39 is 6.04 Å². The van der Waals surface area contributed by atoms with Gasteiger partial charge in [0.05, 0.1) is 12.8 Å². The summed E-state index contributed by atoms with van der Waals surface area (Å²) in [5.74, 6) is 0.419. The van der Waals surface area contributed by atoms with Gasteiger partial charge in [0.1, 0.15) is 0 Å². The van der Waals surface area contributed by atoms with E-state index in [0.717, 1.165) is 17.7 Å². The van der Waals surface area contributed by atoms with Gasteiger partial charge in [0.25, 0.3) is 0 Å². The highest BCUT2D eigenvalue weighted by Gasteiger charge is 2.30. The van der Waals surface area contributed by atoms with Crippen LogP contribution < -0.4 is 0 Å². The van der Waals surface area contributed by atoms with Crippen molar-refractivity contribution in [2.24, 2.45) is 16.8 Å². The van der Waals surface area contributed by atoms with Crippen molar-refractivity contribution in [3.8, 4) is 0 Å². The third kappa shape index (κ3) is 2.86. The summed E-state index contributed by atoms with van der Waals surface area (Å²) in [6.45, 7) is 6.25. The van der Waals surface area contributed by atoms with E-state index in [1.165, 1.54) is 12.7 Å². The number of hydrogen-bond donors (Lipinski definition) is 0. The Balaban J connectivity index is 2.30. The molecule has 0 amide bonds. The fourth-order valence-corrected chi connectivity index (χ4v) is 2.35. The summed E-state index contributed by atoms with van der Waals surface area (Å²) in [6, 6.07) is -0.418. The predicted octanol–water partition coefficient (Wildman–Crippen LogP) is 3.09. The standard InChI is InChI=1S/C16H21NO2/c1-10-5-7-13(8-6-10)14-9-11(2)12(3)15(17-14)16(18)19-4/h5,7-10,12,15H,6H2,1-4H3. The maximum Gasteiger partial charge on any atom is 0.331 e. The van der Waals surface area contributed by atoms with Crippen LogP contribution in [-0.4, -0.2) is 24.8 Å². The number of carbonyl (C=O) groups excluding carboxylic acids is 1. The first kappa shape index (κ1) is 13.8. The second kappa shape index (κ2) is 5.55. The van der Waals surface area contributed by atoms with Crippen molar-refractivity contribution in [2.45, 2.75) is 33.2 Å². The third-order valence-corrected chi connectivity index (χ3v) is 3.89. The minimum atomic E-state index is -0.418. The fourth-order valence-electron chi connectivity index (χ4n) is 2.35. The Morgan fingerprint density at radius 1 is 1.42 bits per heavy atom. The quantitative estimate of drug-likeness (QED) is 0.715. The van der Waals surface area contributed by atoms with Gasteiger partial charge >= 0.3 is 5.97 Å². The van der Waals surface area contributed by atoms with E-state index in [9.17, 15) is 4.79 Å². The van der Waals surface area contributed by atoms with E-state index in [4.69, 9.17) is 4.74 Å². The molecule has 2 aliphatic rings. The molecule has 3 unspecified atom stereocenters. The van der Waals surface area contributed by atoms with Crippen LogP contribution in [0.15, 0.2) is 40.4 Å². The number of carbonyl (C=O) groups is 1. The molecule has 0 saturated carbocycles. The van der Waals surface area contributed by atoms with Gasteiger partial charge in [-0.3, -0.25) is 4.99 Å². The molecular weight excluding hydrogens is 238 g/mol. The number of ether oxygens (including phenoxy) is 1. The number of rotatable bonds is 2. The van der Waals surface area contributed by atoms with Crippen molar-refractivity contribution in [3.63, 3.8) is 0 Å². The summed E-state index contributed by atoms with van der Waals surface area (Å²) < 4.78 is 4.85. The number of hydrogen-bond acceptors (Lipinski definition) is 3. The SMILES string of the molecule is COC(=O)C1N=C(C2=CCC(C)C=C2)C=C(C)C1C. The van der Waals surface area contributed by atoms with Crippen molar-refractivity contribution in [2.75, 3.05) is 7.11 Å². The maximum absolute atomic E-state index is 11.8. The molecule has 0 fully saturated rings. The van der Waals surface area contributed by atoms with Crippen LogP contribution in [0.3, 0.4) is 0 Å². The Hall–Kier alpha value is -1.64. The largest absolute Gasteiger partial charge is 0.467 e. The lowest BCUT2D eigenvalue weighted by molar-refractivity contribution is -0.142. The molecule has 0 aromatic carbocycles. The topological polar surface area (TPSA) is 38.7 Å². The van der Waals surface area contributed by atoms with Crippen molar-refractivity contribution in [3.05, 3.63) is 35.5 Å². The highest BCUT2D eigenvalue weighted by Crippen LogP contribution is 2.27. The normalized spacial score (nSPS) is 30.3. The summed E-state index contributed by atoms with van der Waals surface area (Å²) in [7, 11) is 1.42.